The Morgan fingerprint density at radius 3 is 3.17 bits per heavy atom. The zero-order valence-corrected chi connectivity index (χ0v) is 9.98. The van der Waals surface area contributed by atoms with Crippen molar-refractivity contribution >= 4 is 5.91 Å². The van der Waals surface area contributed by atoms with Crippen molar-refractivity contribution in [2.45, 2.75) is 24.9 Å². The molecule has 0 saturated carbocycles. The number of ether oxygens (including phenoxy) is 1. The van der Waals surface area contributed by atoms with E-state index in [1.807, 2.05) is 6.07 Å². The summed E-state index contributed by atoms with van der Waals surface area (Å²) in [6.07, 6.45) is 1.51. The average Bonchev–Trinajstić information content (AvgIpc) is 2.92. The van der Waals surface area contributed by atoms with Gasteiger partial charge in [-0.1, -0.05) is 0 Å². The van der Waals surface area contributed by atoms with Crippen molar-refractivity contribution in [3.8, 4) is 11.5 Å². The van der Waals surface area contributed by atoms with Crippen LogP contribution in [0.4, 0.5) is 0 Å². The summed E-state index contributed by atoms with van der Waals surface area (Å²) in [6, 6.07) is 5.54. The van der Waals surface area contributed by atoms with E-state index in [0.29, 0.717) is 13.0 Å². The van der Waals surface area contributed by atoms with Crippen LogP contribution < -0.4 is 15.4 Å². The van der Waals surface area contributed by atoms with Crippen LogP contribution >= 0.6 is 0 Å². The lowest BCUT2D eigenvalue weighted by molar-refractivity contribution is -0.119. The summed E-state index contributed by atoms with van der Waals surface area (Å²) < 4.78 is 5.52. The van der Waals surface area contributed by atoms with E-state index in [4.69, 9.17) is 4.74 Å². The number of amides is 1. The van der Waals surface area contributed by atoms with Gasteiger partial charge in [-0.05, 0) is 18.6 Å². The Hall–Kier alpha value is -1.75. The van der Waals surface area contributed by atoms with Crippen LogP contribution in [0.5, 0.6) is 11.5 Å². The number of carbonyl (C=O) groups is 1. The Labute approximate surface area is 105 Å². The largest absolute Gasteiger partial charge is 0.508 e. The summed E-state index contributed by atoms with van der Waals surface area (Å²) in [7, 11) is 0. The molecule has 3 N–H and O–H groups in total. The molecule has 2 aliphatic heterocycles. The predicted octanol–water partition coefficient (Wildman–Crippen LogP) is 0.694. The second kappa shape index (κ2) is 4.49. The number of hydrogen-bond acceptors (Lipinski definition) is 4. The molecule has 0 spiro atoms. The van der Waals surface area contributed by atoms with Gasteiger partial charge in [-0.25, -0.2) is 0 Å². The van der Waals surface area contributed by atoms with Gasteiger partial charge in [0.1, 0.15) is 18.1 Å². The third-order valence-electron chi connectivity index (χ3n) is 3.47. The molecule has 2 unspecified atom stereocenters. The molecule has 1 fully saturated rings. The van der Waals surface area contributed by atoms with E-state index >= 15 is 0 Å². The first-order valence-electron chi connectivity index (χ1n) is 6.21. The van der Waals surface area contributed by atoms with Gasteiger partial charge in [0.05, 0.1) is 6.04 Å². The summed E-state index contributed by atoms with van der Waals surface area (Å²) in [5.74, 6) is 1.09. The number of nitrogens with one attached hydrogen (secondary N) is 2. The zero-order chi connectivity index (χ0) is 12.5. The van der Waals surface area contributed by atoms with Crippen molar-refractivity contribution in [2.75, 3.05) is 13.2 Å². The van der Waals surface area contributed by atoms with E-state index in [-0.39, 0.29) is 23.7 Å². The molecule has 0 bridgehead atoms. The Balaban J connectivity index is 1.61. The summed E-state index contributed by atoms with van der Waals surface area (Å²) in [5, 5.41) is 15.7. The lowest BCUT2D eigenvalue weighted by Gasteiger charge is -2.15. The van der Waals surface area contributed by atoms with Crippen LogP contribution in [0.2, 0.25) is 0 Å². The summed E-state index contributed by atoms with van der Waals surface area (Å²) in [6.45, 7) is 1.32. The van der Waals surface area contributed by atoms with Crippen molar-refractivity contribution in [2.24, 2.45) is 0 Å². The van der Waals surface area contributed by atoms with E-state index in [1.165, 1.54) is 0 Å². The minimum atomic E-state index is 0.134. The van der Waals surface area contributed by atoms with Gasteiger partial charge in [-0.2, -0.15) is 0 Å². The van der Waals surface area contributed by atoms with E-state index in [0.717, 1.165) is 24.3 Å². The average molecular weight is 248 g/mol. The Morgan fingerprint density at radius 2 is 2.39 bits per heavy atom. The molecule has 3 rings (SSSR count). The van der Waals surface area contributed by atoms with Gasteiger partial charge in [-0.15, -0.1) is 0 Å². The van der Waals surface area contributed by atoms with Gasteiger partial charge >= 0.3 is 0 Å². The van der Waals surface area contributed by atoms with Crippen molar-refractivity contribution in [1.82, 2.24) is 10.6 Å². The first-order valence-corrected chi connectivity index (χ1v) is 6.21. The third kappa shape index (κ3) is 2.13. The fraction of sp³-hybridized carbons (Fsp3) is 0.462. The first kappa shape index (κ1) is 11.3. The van der Waals surface area contributed by atoms with Crippen molar-refractivity contribution in [1.29, 1.82) is 0 Å². The van der Waals surface area contributed by atoms with Crippen LogP contribution in [0, 0.1) is 0 Å². The molecular weight excluding hydrogens is 232 g/mol. The highest BCUT2D eigenvalue weighted by Crippen LogP contribution is 2.34. The summed E-state index contributed by atoms with van der Waals surface area (Å²) >= 11 is 0. The molecule has 0 aliphatic carbocycles. The molecular formula is C13H16N2O3. The summed E-state index contributed by atoms with van der Waals surface area (Å²) in [5.41, 5.74) is 1.07. The van der Waals surface area contributed by atoms with Crippen molar-refractivity contribution in [3.63, 3.8) is 0 Å². The van der Waals surface area contributed by atoms with Crippen LogP contribution in [0.3, 0.4) is 0 Å². The second-order valence-electron chi connectivity index (χ2n) is 4.80. The number of phenolic OH excluding ortho intramolecular Hbond substituents is 1. The SMILES string of the molecule is O=C1CCC(CNC2COc3cc(O)ccc32)N1. The van der Waals surface area contributed by atoms with Crippen LogP contribution in [0.15, 0.2) is 18.2 Å². The van der Waals surface area contributed by atoms with E-state index in [2.05, 4.69) is 10.6 Å². The molecule has 2 atom stereocenters. The number of rotatable bonds is 3. The molecule has 5 heteroatoms. The van der Waals surface area contributed by atoms with Crippen LogP contribution in [-0.2, 0) is 4.79 Å². The molecule has 5 nitrogen and oxygen atoms in total. The Bertz CT molecular complexity index is 475. The number of fused-ring (bicyclic) bond motifs is 1. The standard InChI is InChI=1S/C13H16N2O3/c16-9-2-3-10-11(7-18-12(10)5-9)14-6-8-1-4-13(17)15-8/h2-3,5,8,11,14,16H,1,4,6-7H2,(H,15,17). The highest BCUT2D eigenvalue weighted by atomic mass is 16.5. The maximum absolute atomic E-state index is 11.1. The van der Waals surface area contributed by atoms with Gasteiger partial charge in [0.25, 0.3) is 0 Å². The molecule has 0 aromatic heterocycles. The van der Waals surface area contributed by atoms with Crippen molar-refractivity contribution < 1.29 is 14.6 Å². The van der Waals surface area contributed by atoms with Gasteiger partial charge in [-0.3, -0.25) is 4.79 Å². The first-order chi connectivity index (χ1) is 8.72. The third-order valence-corrected chi connectivity index (χ3v) is 3.47. The fourth-order valence-electron chi connectivity index (χ4n) is 2.48. The quantitative estimate of drug-likeness (QED) is 0.736. The van der Waals surface area contributed by atoms with Crippen LogP contribution in [0.1, 0.15) is 24.4 Å². The monoisotopic (exact) mass is 248 g/mol. The highest BCUT2D eigenvalue weighted by Gasteiger charge is 2.26. The number of carbonyl (C=O) groups excluding carboxylic acids is 1. The molecule has 0 radical (unpaired) electrons. The number of phenols is 1. The van der Waals surface area contributed by atoms with Gasteiger partial charge in [0.2, 0.25) is 5.91 Å². The lowest BCUT2D eigenvalue weighted by atomic mass is 10.1. The smallest absolute Gasteiger partial charge is 0.220 e. The Kier molecular flexibility index (Phi) is 2.83. The fourth-order valence-corrected chi connectivity index (χ4v) is 2.48. The zero-order valence-electron chi connectivity index (χ0n) is 9.98. The molecule has 2 heterocycles. The van der Waals surface area contributed by atoms with Gasteiger partial charge in [0, 0.05) is 30.6 Å². The molecule has 1 amide bonds. The van der Waals surface area contributed by atoms with E-state index in [9.17, 15) is 9.90 Å². The molecule has 2 aliphatic rings. The molecule has 1 saturated heterocycles. The van der Waals surface area contributed by atoms with E-state index in [1.54, 1.807) is 12.1 Å². The molecule has 18 heavy (non-hydrogen) atoms. The minimum Gasteiger partial charge on any atom is -0.508 e. The lowest BCUT2D eigenvalue weighted by Crippen LogP contribution is -2.37. The van der Waals surface area contributed by atoms with Gasteiger partial charge < -0.3 is 20.5 Å². The van der Waals surface area contributed by atoms with Crippen molar-refractivity contribution in [3.05, 3.63) is 23.8 Å². The number of aromatic hydroxyl groups is 1. The number of hydrogen-bond donors (Lipinski definition) is 3. The molecule has 1 aromatic carbocycles. The maximum atomic E-state index is 11.1. The second-order valence-corrected chi connectivity index (χ2v) is 4.80. The van der Waals surface area contributed by atoms with E-state index < -0.39 is 0 Å². The summed E-state index contributed by atoms with van der Waals surface area (Å²) in [4.78, 5) is 11.1. The molecule has 1 aromatic rings. The predicted molar refractivity (Wildman–Crippen MR) is 65.5 cm³/mol. The highest BCUT2D eigenvalue weighted by molar-refractivity contribution is 5.78. The van der Waals surface area contributed by atoms with Crippen LogP contribution in [-0.4, -0.2) is 30.2 Å². The number of benzene rings is 1. The maximum Gasteiger partial charge on any atom is 0.220 e. The Morgan fingerprint density at radius 1 is 1.50 bits per heavy atom. The molecule has 96 valence electrons. The van der Waals surface area contributed by atoms with Crippen LogP contribution in [0.25, 0.3) is 0 Å². The minimum absolute atomic E-state index is 0.134. The normalized spacial score (nSPS) is 25.7. The topological polar surface area (TPSA) is 70.6 Å². The van der Waals surface area contributed by atoms with Gasteiger partial charge in [0.15, 0.2) is 0 Å².